The molecular weight excluding hydrogens is 238 g/mol. The van der Waals surface area contributed by atoms with Crippen LogP contribution in [0, 0.1) is 0 Å². The number of amides is 1. The molecule has 1 saturated heterocycles. The molecule has 2 rings (SSSR count). The second-order valence-corrected chi connectivity index (χ2v) is 5.26. The third-order valence-corrected chi connectivity index (χ3v) is 3.64. The molecule has 1 heterocycles. The Bertz CT molecular complexity index is 407. The SMILES string of the molecule is CCCc1ccc(C(=O)N[C@@H](C)[C@H]2CCCO2)cc1. The molecule has 0 bridgehead atoms. The van der Waals surface area contributed by atoms with E-state index in [4.69, 9.17) is 4.74 Å². The summed E-state index contributed by atoms with van der Waals surface area (Å²) in [6.45, 7) is 4.99. The van der Waals surface area contributed by atoms with Crippen LogP contribution in [-0.4, -0.2) is 24.7 Å². The van der Waals surface area contributed by atoms with Gasteiger partial charge in [-0.15, -0.1) is 0 Å². The van der Waals surface area contributed by atoms with Crippen molar-refractivity contribution in [1.29, 1.82) is 0 Å². The maximum absolute atomic E-state index is 12.1. The van der Waals surface area contributed by atoms with Gasteiger partial charge in [-0.05, 0) is 43.9 Å². The van der Waals surface area contributed by atoms with Crippen LogP contribution in [0.1, 0.15) is 49.0 Å². The molecule has 1 aliphatic heterocycles. The Balaban J connectivity index is 1.91. The van der Waals surface area contributed by atoms with E-state index in [1.165, 1.54) is 5.56 Å². The Morgan fingerprint density at radius 3 is 2.74 bits per heavy atom. The lowest BCUT2D eigenvalue weighted by Crippen LogP contribution is -2.40. The normalized spacial score (nSPS) is 20.2. The van der Waals surface area contributed by atoms with Crippen LogP contribution in [0.15, 0.2) is 24.3 Å². The molecule has 1 amide bonds. The van der Waals surface area contributed by atoms with Crippen LogP contribution in [0.4, 0.5) is 0 Å². The maximum Gasteiger partial charge on any atom is 0.251 e. The smallest absolute Gasteiger partial charge is 0.251 e. The molecule has 0 unspecified atom stereocenters. The first kappa shape index (κ1) is 14.1. The fraction of sp³-hybridized carbons (Fsp3) is 0.562. The molecule has 104 valence electrons. The van der Waals surface area contributed by atoms with E-state index in [0.29, 0.717) is 0 Å². The lowest BCUT2D eigenvalue weighted by Gasteiger charge is -2.20. The third kappa shape index (κ3) is 3.80. The fourth-order valence-electron chi connectivity index (χ4n) is 2.49. The lowest BCUT2D eigenvalue weighted by molar-refractivity contribution is 0.0712. The highest BCUT2D eigenvalue weighted by Gasteiger charge is 2.23. The number of nitrogens with one attached hydrogen (secondary N) is 1. The van der Waals surface area contributed by atoms with Gasteiger partial charge in [0.25, 0.3) is 5.91 Å². The molecule has 3 nitrogen and oxygen atoms in total. The predicted octanol–water partition coefficient (Wildman–Crippen LogP) is 2.94. The molecule has 19 heavy (non-hydrogen) atoms. The Morgan fingerprint density at radius 1 is 1.42 bits per heavy atom. The molecule has 0 aliphatic carbocycles. The molecular formula is C16H23NO2. The van der Waals surface area contributed by atoms with Crippen molar-refractivity contribution in [1.82, 2.24) is 5.32 Å². The van der Waals surface area contributed by atoms with Crippen molar-refractivity contribution in [3.05, 3.63) is 35.4 Å². The van der Waals surface area contributed by atoms with Gasteiger partial charge in [-0.25, -0.2) is 0 Å². The highest BCUT2D eigenvalue weighted by Crippen LogP contribution is 2.16. The van der Waals surface area contributed by atoms with Crippen molar-refractivity contribution < 1.29 is 9.53 Å². The molecule has 1 aliphatic rings. The van der Waals surface area contributed by atoms with Crippen LogP contribution in [0.5, 0.6) is 0 Å². The van der Waals surface area contributed by atoms with Crippen molar-refractivity contribution in [2.45, 2.75) is 51.7 Å². The Kier molecular flexibility index (Phi) is 4.97. The van der Waals surface area contributed by atoms with Gasteiger partial charge in [0.15, 0.2) is 0 Å². The average molecular weight is 261 g/mol. The summed E-state index contributed by atoms with van der Waals surface area (Å²) < 4.78 is 5.59. The van der Waals surface area contributed by atoms with Gasteiger partial charge in [-0.3, -0.25) is 4.79 Å². The Morgan fingerprint density at radius 2 is 2.16 bits per heavy atom. The standard InChI is InChI=1S/C16H23NO2/c1-3-5-13-7-9-14(10-8-13)16(18)17-12(2)15-6-4-11-19-15/h7-10,12,15H,3-6,11H2,1-2H3,(H,17,18)/t12-,15+/m0/s1. The summed E-state index contributed by atoms with van der Waals surface area (Å²) in [7, 11) is 0. The van der Waals surface area contributed by atoms with Crippen LogP contribution >= 0.6 is 0 Å². The van der Waals surface area contributed by atoms with Crippen molar-refractivity contribution in [3.8, 4) is 0 Å². The van der Waals surface area contributed by atoms with Crippen molar-refractivity contribution in [3.63, 3.8) is 0 Å². The molecule has 1 N–H and O–H groups in total. The molecule has 0 radical (unpaired) electrons. The van der Waals surface area contributed by atoms with Gasteiger partial charge in [0.05, 0.1) is 12.1 Å². The number of carbonyl (C=O) groups is 1. The summed E-state index contributed by atoms with van der Waals surface area (Å²) in [4.78, 5) is 12.1. The van der Waals surface area contributed by atoms with Crippen LogP contribution in [-0.2, 0) is 11.2 Å². The first-order valence-corrected chi connectivity index (χ1v) is 7.22. The van der Waals surface area contributed by atoms with Gasteiger partial charge in [-0.2, -0.15) is 0 Å². The molecule has 2 atom stereocenters. The average Bonchev–Trinajstić information content (AvgIpc) is 2.94. The number of ether oxygens (including phenoxy) is 1. The summed E-state index contributed by atoms with van der Waals surface area (Å²) in [5, 5.41) is 3.03. The van der Waals surface area contributed by atoms with Crippen LogP contribution < -0.4 is 5.32 Å². The van der Waals surface area contributed by atoms with Crippen LogP contribution in [0.3, 0.4) is 0 Å². The summed E-state index contributed by atoms with van der Waals surface area (Å²) >= 11 is 0. The van der Waals surface area contributed by atoms with E-state index in [1.807, 2.05) is 31.2 Å². The van der Waals surface area contributed by atoms with Crippen molar-refractivity contribution in [2.75, 3.05) is 6.61 Å². The highest BCUT2D eigenvalue weighted by atomic mass is 16.5. The van der Waals surface area contributed by atoms with E-state index in [9.17, 15) is 4.79 Å². The van der Waals surface area contributed by atoms with Crippen molar-refractivity contribution in [2.24, 2.45) is 0 Å². The zero-order valence-electron chi connectivity index (χ0n) is 11.8. The second-order valence-electron chi connectivity index (χ2n) is 5.26. The maximum atomic E-state index is 12.1. The quantitative estimate of drug-likeness (QED) is 0.885. The van der Waals surface area contributed by atoms with Crippen molar-refractivity contribution >= 4 is 5.91 Å². The largest absolute Gasteiger partial charge is 0.376 e. The molecule has 1 aromatic rings. The number of rotatable bonds is 5. The summed E-state index contributed by atoms with van der Waals surface area (Å²) in [5.41, 5.74) is 2.01. The minimum absolute atomic E-state index is 0.00829. The first-order valence-electron chi connectivity index (χ1n) is 7.22. The van der Waals surface area contributed by atoms with E-state index < -0.39 is 0 Å². The Labute approximate surface area is 115 Å². The van der Waals surface area contributed by atoms with Gasteiger partial charge in [-0.1, -0.05) is 25.5 Å². The zero-order valence-corrected chi connectivity index (χ0v) is 11.8. The topological polar surface area (TPSA) is 38.3 Å². The van der Waals surface area contributed by atoms with Crippen LogP contribution in [0.25, 0.3) is 0 Å². The lowest BCUT2D eigenvalue weighted by atomic mass is 10.1. The second kappa shape index (κ2) is 6.71. The van der Waals surface area contributed by atoms with E-state index in [0.717, 1.165) is 37.9 Å². The van der Waals surface area contributed by atoms with E-state index in [-0.39, 0.29) is 18.1 Å². The molecule has 3 heteroatoms. The third-order valence-electron chi connectivity index (χ3n) is 3.64. The molecule has 0 aromatic heterocycles. The first-order chi connectivity index (χ1) is 9.20. The van der Waals surface area contributed by atoms with Gasteiger partial charge in [0, 0.05) is 12.2 Å². The number of carbonyl (C=O) groups excluding carboxylic acids is 1. The summed E-state index contributed by atoms with van der Waals surface area (Å²) in [6.07, 6.45) is 4.49. The van der Waals surface area contributed by atoms with E-state index >= 15 is 0 Å². The minimum Gasteiger partial charge on any atom is -0.376 e. The predicted molar refractivity (Wildman–Crippen MR) is 76.3 cm³/mol. The molecule has 1 aromatic carbocycles. The summed E-state index contributed by atoms with van der Waals surface area (Å²) in [6, 6.07) is 7.96. The summed E-state index contributed by atoms with van der Waals surface area (Å²) in [5.74, 6) is -0.00829. The highest BCUT2D eigenvalue weighted by molar-refractivity contribution is 5.94. The molecule has 0 saturated carbocycles. The Hall–Kier alpha value is -1.35. The minimum atomic E-state index is -0.00829. The fourth-order valence-corrected chi connectivity index (χ4v) is 2.49. The van der Waals surface area contributed by atoms with Gasteiger partial charge in [0.1, 0.15) is 0 Å². The van der Waals surface area contributed by atoms with Crippen LogP contribution in [0.2, 0.25) is 0 Å². The number of hydrogen-bond acceptors (Lipinski definition) is 2. The molecule has 1 fully saturated rings. The van der Waals surface area contributed by atoms with E-state index in [1.54, 1.807) is 0 Å². The number of aryl methyl sites for hydroxylation is 1. The van der Waals surface area contributed by atoms with Gasteiger partial charge >= 0.3 is 0 Å². The number of benzene rings is 1. The van der Waals surface area contributed by atoms with E-state index in [2.05, 4.69) is 12.2 Å². The van der Waals surface area contributed by atoms with Gasteiger partial charge < -0.3 is 10.1 Å². The van der Waals surface area contributed by atoms with Gasteiger partial charge in [0.2, 0.25) is 0 Å². The zero-order chi connectivity index (χ0) is 13.7. The monoisotopic (exact) mass is 261 g/mol. The molecule has 0 spiro atoms. The number of hydrogen-bond donors (Lipinski definition) is 1.